The Bertz CT molecular complexity index is 506. The number of aliphatic carboxylic acids is 1. The van der Waals surface area contributed by atoms with Crippen LogP contribution in [0, 0.1) is 11.8 Å². The fourth-order valence-corrected chi connectivity index (χ4v) is 2.13. The van der Waals surface area contributed by atoms with Crippen LogP contribution < -0.4 is 5.32 Å². The van der Waals surface area contributed by atoms with E-state index in [2.05, 4.69) is 10.4 Å². The van der Waals surface area contributed by atoms with E-state index < -0.39 is 11.9 Å². The lowest BCUT2D eigenvalue weighted by Gasteiger charge is -2.15. The van der Waals surface area contributed by atoms with Crippen molar-refractivity contribution in [3.63, 3.8) is 0 Å². The number of hydrogen-bond acceptors (Lipinski definition) is 3. The SMILES string of the molecule is CC(C)CC(CNC(=O)c1cc(C(C)C)nn1C)C(=O)O. The number of nitrogens with one attached hydrogen (secondary N) is 1. The molecular weight excluding hydrogens is 270 g/mol. The third kappa shape index (κ3) is 4.88. The first-order chi connectivity index (χ1) is 9.72. The van der Waals surface area contributed by atoms with Gasteiger partial charge in [-0.05, 0) is 24.3 Å². The quantitative estimate of drug-likeness (QED) is 0.806. The number of hydrogen-bond donors (Lipinski definition) is 2. The molecule has 118 valence electrons. The van der Waals surface area contributed by atoms with E-state index in [0.29, 0.717) is 12.1 Å². The van der Waals surface area contributed by atoms with E-state index in [9.17, 15) is 9.59 Å². The summed E-state index contributed by atoms with van der Waals surface area (Å²) in [6, 6.07) is 1.75. The molecule has 0 aromatic carbocycles. The molecule has 0 saturated carbocycles. The molecule has 21 heavy (non-hydrogen) atoms. The Hall–Kier alpha value is -1.85. The van der Waals surface area contributed by atoms with E-state index in [1.165, 1.54) is 4.68 Å². The van der Waals surface area contributed by atoms with Crippen LogP contribution in [0.2, 0.25) is 0 Å². The molecular formula is C15H25N3O3. The monoisotopic (exact) mass is 295 g/mol. The Morgan fingerprint density at radius 2 is 1.95 bits per heavy atom. The lowest BCUT2D eigenvalue weighted by atomic mass is 9.97. The second-order valence-electron chi connectivity index (χ2n) is 6.11. The molecule has 6 nitrogen and oxygen atoms in total. The van der Waals surface area contributed by atoms with E-state index in [4.69, 9.17) is 5.11 Å². The molecule has 1 amide bonds. The molecule has 0 aliphatic carbocycles. The Morgan fingerprint density at radius 1 is 1.33 bits per heavy atom. The van der Waals surface area contributed by atoms with Gasteiger partial charge in [0, 0.05) is 13.6 Å². The summed E-state index contributed by atoms with van der Waals surface area (Å²) < 4.78 is 1.53. The summed E-state index contributed by atoms with van der Waals surface area (Å²) in [5.74, 6) is -1.21. The van der Waals surface area contributed by atoms with Crippen LogP contribution in [0.1, 0.15) is 56.2 Å². The van der Waals surface area contributed by atoms with Gasteiger partial charge in [-0.2, -0.15) is 5.10 Å². The molecule has 2 N–H and O–H groups in total. The van der Waals surface area contributed by atoms with E-state index in [0.717, 1.165) is 5.69 Å². The summed E-state index contributed by atoms with van der Waals surface area (Å²) >= 11 is 0. The number of rotatable bonds is 7. The zero-order chi connectivity index (χ0) is 16.2. The number of carbonyl (C=O) groups excluding carboxylic acids is 1. The van der Waals surface area contributed by atoms with Crippen molar-refractivity contribution in [2.24, 2.45) is 18.9 Å². The molecule has 1 rings (SSSR count). The first kappa shape index (κ1) is 17.2. The number of carboxylic acid groups (broad SMARTS) is 1. The van der Waals surface area contributed by atoms with Crippen LogP contribution in [0.3, 0.4) is 0 Å². The van der Waals surface area contributed by atoms with Crippen molar-refractivity contribution < 1.29 is 14.7 Å². The van der Waals surface area contributed by atoms with E-state index >= 15 is 0 Å². The lowest BCUT2D eigenvalue weighted by molar-refractivity contribution is -0.142. The molecule has 1 aromatic rings. The normalized spacial score (nSPS) is 12.7. The molecule has 0 aliphatic heterocycles. The second-order valence-corrected chi connectivity index (χ2v) is 6.11. The number of carbonyl (C=O) groups is 2. The van der Waals surface area contributed by atoms with Gasteiger partial charge in [-0.15, -0.1) is 0 Å². The number of aromatic nitrogens is 2. The summed E-state index contributed by atoms with van der Waals surface area (Å²) in [5.41, 5.74) is 1.30. The standard InChI is InChI=1S/C15H25N3O3/c1-9(2)6-11(15(20)21)8-16-14(19)13-7-12(10(3)4)17-18(13)5/h7,9-11H,6,8H2,1-5H3,(H,16,19)(H,20,21). The predicted molar refractivity (Wildman–Crippen MR) is 80.2 cm³/mol. The first-order valence-electron chi connectivity index (χ1n) is 7.27. The summed E-state index contributed by atoms with van der Waals surface area (Å²) in [5, 5.41) is 16.1. The molecule has 0 aliphatic rings. The maximum Gasteiger partial charge on any atom is 0.308 e. The second kappa shape index (κ2) is 7.24. The van der Waals surface area contributed by atoms with Gasteiger partial charge in [0.1, 0.15) is 5.69 Å². The Labute approximate surface area is 125 Å². The lowest BCUT2D eigenvalue weighted by Crippen LogP contribution is -2.34. The van der Waals surface area contributed by atoms with Crippen molar-refractivity contribution in [3.05, 3.63) is 17.5 Å². The largest absolute Gasteiger partial charge is 0.481 e. The topological polar surface area (TPSA) is 84.2 Å². The molecule has 1 aromatic heterocycles. The van der Waals surface area contributed by atoms with Gasteiger partial charge in [0.15, 0.2) is 0 Å². The highest BCUT2D eigenvalue weighted by atomic mass is 16.4. The molecule has 0 radical (unpaired) electrons. The summed E-state index contributed by atoms with van der Waals surface area (Å²) in [6.45, 7) is 8.08. The van der Waals surface area contributed by atoms with Crippen molar-refractivity contribution in [2.75, 3.05) is 6.54 Å². The number of aryl methyl sites for hydroxylation is 1. The average Bonchev–Trinajstić information content (AvgIpc) is 2.75. The summed E-state index contributed by atoms with van der Waals surface area (Å²) in [7, 11) is 1.71. The van der Waals surface area contributed by atoms with Gasteiger partial charge in [0.2, 0.25) is 0 Å². The highest BCUT2D eigenvalue weighted by Gasteiger charge is 2.21. The van der Waals surface area contributed by atoms with Gasteiger partial charge in [-0.3, -0.25) is 14.3 Å². The summed E-state index contributed by atoms with van der Waals surface area (Å²) in [6.07, 6.45) is 0.540. The molecule has 0 bridgehead atoms. The van der Waals surface area contributed by atoms with Gasteiger partial charge in [-0.1, -0.05) is 27.7 Å². The maximum absolute atomic E-state index is 12.1. The van der Waals surface area contributed by atoms with Crippen LogP contribution >= 0.6 is 0 Å². The van der Waals surface area contributed by atoms with Gasteiger partial charge in [-0.25, -0.2) is 0 Å². The Kier molecular flexibility index (Phi) is 5.93. The van der Waals surface area contributed by atoms with Crippen molar-refractivity contribution in [1.29, 1.82) is 0 Å². The van der Waals surface area contributed by atoms with Gasteiger partial charge >= 0.3 is 5.97 Å². The fraction of sp³-hybridized carbons (Fsp3) is 0.667. The maximum atomic E-state index is 12.1. The third-order valence-corrected chi connectivity index (χ3v) is 3.34. The van der Waals surface area contributed by atoms with Gasteiger partial charge in [0.25, 0.3) is 5.91 Å². The molecule has 1 heterocycles. The number of nitrogens with zero attached hydrogens (tertiary/aromatic N) is 2. The van der Waals surface area contributed by atoms with Crippen molar-refractivity contribution >= 4 is 11.9 Å². The molecule has 6 heteroatoms. The van der Waals surface area contributed by atoms with Crippen LogP contribution in [0.15, 0.2) is 6.07 Å². The van der Waals surface area contributed by atoms with E-state index in [-0.39, 0.29) is 24.3 Å². The minimum Gasteiger partial charge on any atom is -0.481 e. The molecule has 0 saturated heterocycles. The zero-order valence-corrected chi connectivity index (χ0v) is 13.4. The molecule has 1 unspecified atom stereocenters. The summed E-state index contributed by atoms with van der Waals surface area (Å²) in [4.78, 5) is 23.3. The minimum absolute atomic E-state index is 0.133. The fourth-order valence-electron chi connectivity index (χ4n) is 2.13. The smallest absolute Gasteiger partial charge is 0.308 e. The molecule has 0 spiro atoms. The van der Waals surface area contributed by atoms with E-state index in [1.807, 2.05) is 27.7 Å². The van der Waals surface area contributed by atoms with Crippen molar-refractivity contribution in [3.8, 4) is 0 Å². The highest BCUT2D eigenvalue weighted by molar-refractivity contribution is 5.92. The van der Waals surface area contributed by atoms with Crippen LogP contribution in [0.25, 0.3) is 0 Å². The Balaban J connectivity index is 2.70. The van der Waals surface area contributed by atoms with Crippen LogP contribution in [-0.2, 0) is 11.8 Å². The first-order valence-corrected chi connectivity index (χ1v) is 7.27. The Morgan fingerprint density at radius 3 is 2.38 bits per heavy atom. The van der Waals surface area contributed by atoms with Crippen molar-refractivity contribution in [1.82, 2.24) is 15.1 Å². The van der Waals surface area contributed by atoms with E-state index in [1.54, 1.807) is 13.1 Å². The number of carboxylic acids is 1. The minimum atomic E-state index is -0.878. The number of amides is 1. The predicted octanol–water partition coefficient (Wildman–Crippen LogP) is 2.02. The van der Waals surface area contributed by atoms with Crippen LogP contribution in [-0.4, -0.2) is 33.3 Å². The van der Waals surface area contributed by atoms with Crippen LogP contribution in [0.4, 0.5) is 0 Å². The van der Waals surface area contributed by atoms with Crippen LogP contribution in [0.5, 0.6) is 0 Å². The average molecular weight is 295 g/mol. The highest BCUT2D eigenvalue weighted by Crippen LogP contribution is 2.14. The van der Waals surface area contributed by atoms with Gasteiger partial charge in [0.05, 0.1) is 11.6 Å². The van der Waals surface area contributed by atoms with Crippen molar-refractivity contribution in [2.45, 2.75) is 40.0 Å². The molecule has 0 fully saturated rings. The molecule has 1 atom stereocenters. The van der Waals surface area contributed by atoms with Gasteiger partial charge < -0.3 is 10.4 Å². The zero-order valence-electron chi connectivity index (χ0n) is 13.4. The third-order valence-electron chi connectivity index (χ3n) is 3.34.